The van der Waals surface area contributed by atoms with E-state index in [9.17, 15) is 50.8 Å². The van der Waals surface area contributed by atoms with Gasteiger partial charge in [0.1, 0.15) is 61.0 Å². The highest BCUT2D eigenvalue weighted by Crippen LogP contribution is 2.31. The molecule has 3 heterocycles. The fourth-order valence-corrected chi connectivity index (χ4v) is 4.47. The highest BCUT2D eigenvalue weighted by atomic mass is 16.7. The van der Waals surface area contributed by atoms with Crippen LogP contribution in [0.4, 0.5) is 0 Å². The molecule has 3 fully saturated rings. The van der Waals surface area contributed by atoms with Gasteiger partial charge in [0.05, 0.1) is 25.9 Å². The molecule has 0 bridgehead atoms. The van der Waals surface area contributed by atoms with Crippen molar-refractivity contribution in [3.05, 3.63) is 0 Å². The molecule has 0 aromatic heterocycles. The van der Waals surface area contributed by atoms with Crippen LogP contribution in [-0.2, 0) is 28.5 Å². The average molecular weight is 529 g/mol. The van der Waals surface area contributed by atoms with Gasteiger partial charge in [-0.2, -0.15) is 0 Å². The van der Waals surface area contributed by atoms with E-state index in [1.807, 2.05) is 0 Å². The molecule has 210 valence electrons. The van der Waals surface area contributed by atoms with E-state index in [2.05, 4.69) is 5.32 Å². The van der Waals surface area contributed by atoms with E-state index in [4.69, 9.17) is 23.7 Å². The quantitative estimate of drug-likeness (QED) is 0.140. The Labute approximate surface area is 205 Å². The first kappa shape index (κ1) is 29.5. The van der Waals surface area contributed by atoms with E-state index < -0.39 is 112 Å². The van der Waals surface area contributed by atoms with Gasteiger partial charge in [0.25, 0.3) is 0 Å². The van der Waals surface area contributed by atoms with Gasteiger partial charge in [-0.25, -0.2) is 0 Å². The molecule has 0 aromatic carbocycles. The highest BCUT2D eigenvalue weighted by Gasteiger charge is 2.50. The minimum Gasteiger partial charge on any atom is -0.394 e. The van der Waals surface area contributed by atoms with E-state index in [0.29, 0.717) is 0 Å². The topological polar surface area (TPSA) is 257 Å². The zero-order valence-electron chi connectivity index (χ0n) is 19.4. The van der Waals surface area contributed by atoms with Gasteiger partial charge in [-0.1, -0.05) is 0 Å². The first-order chi connectivity index (χ1) is 17.0. The van der Waals surface area contributed by atoms with E-state index in [0.717, 1.165) is 6.92 Å². The molecular weight excluding hydrogens is 494 g/mol. The van der Waals surface area contributed by atoms with Gasteiger partial charge in [0.15, 0.2) is 18.9 Å². The van der Waals surface area contributed by atoms with Crippen LogP contribution in [0.25, 0.3) is 0 Å². The predicted molar refractivity (Wildman–Crippen MR) is 111 cm³/mol. The number of carbonyl (C=O) groups is 1. The molecule has 0 aromatic rings. The molecule has 36 heavy (non-hydrogen) atoms. The van der Waals surface area contributed by atoms with Crippen LogP contribution in [0.15, 0.2) is 0 Å². The molecule has 16 nitrogen and oxygen atoms in total. The number of amides is 1. The minimum absolute atomic E-state index is 0.298. The summed E-state index contributed by atoms with van der Waals surface area (Å²) in [5.41, 5.74) is 0. The van der Waals surface area contributed by atoms with Crippen molar-refractivity contribution >= 4 is 5.91 Å². The normalized spacial score (nSPS) is 47.9. The molecule has 3 aliphatic heterocycles. The smallest absolute Gasteiger partial charge is 0.217 e. The Morgan fingerprint density at radius 1 is 0.778 bits per heavy atom. The monoisotopic (exact) mass is 529 g/mol. The summed E-state index contributed by atoms with van der Waals surface area (Å²) in [5, 5.41) is 92.5. The summed E-state index contributed by atoms with van der Waals surface area (Å²) in [7, 11) is 0. The number of aliphatic hydroxyl groups excluding tert-OH is 9. The summed E-state index contributed by atoms with van der Waals surface area (Å²) >= 11 is 0. The molecule has 0 radical (unpaired) electrons. The van der Waals surface area contributed by atoms with Crippen molar-refractivity contribution in [2.45, 2.75) is 99.3 Å². The largest absolute Gasteiger partial charge is 0.394 e. The maximum Gasteiger partial charge on any atom is 0.217 e. The minimum atomic E-state index is -1.75. The molecule has 0 aliphatic carbocycles. The third-order valence-electron chi connectivity index (χ3n) is 6.38. The van der Waals surface area contributed by atoms with E-state index in [1.165, 1.54) is 0 Å². The van der Waals surface area contributed by atoms with Gasteiger partial charge in [-0.05, 0) is 0 Å². The fraction of sp³-hybridized carbons (Fsp3) is 0.950. The Morgan fingerprint density at radius 3 is 1.97 bits per heavy atom. The number of carbonyl (C=O) groups excluding carboxylic acids is 1. The van der Waals surface area contributed by atoms with Crippen LogP contribution < -0.4 is 5.32 Å². The summed E-state index contributed by atoms with van der Waals surface area (Å²) in [4.78, 5) is 11.4. The van der Waals surface area contributed by atoms with Crippen molar-refractivity contribution < 1.29 is 74.4 Å². The highest BCUT2D eigenvalue weighted by molar-refractivity contribution is 5.73. The number of aliphatic hydroxyl groups is 9. The zero-order chi connectivity index (χ0) is 26.7. The third-order valence-corrected chi connectivity index (χ3v) is 6.38. The molecule has 10 N–H and O–H groups in total. The molecular formula is C20H35NO15. The molecule has 1 amide bonds. The second kappa shape index (κ2) is 12.6. The first-order valence-electron chi connectivity index (χ1n) is 11.5. The van der Waals surface area contributed by atoms with Crippen LogP contribution in [0, 0.1) is 0 Å². The van der Waals surface area contributed by atoms with E-state index >= 15 is 0 Å². The number of hydrogen-bond acceptors (Lipinski definition) is 15. The molecule has 0 spiro atoms. The Morgan fingerprint density at radius 2 is 1.39 bits per heavy atom. The van der Waals surface area contributed by atoms with Crippen molar-refractivity contribution in [3.63, 3.8) is 0 Å². The summed E-state index contributed by atoms with van der Waals surface area (Å²) in [6, 6.07) is -1.29. The summed E-state index contributed by atoms with van der Waals surface area (Å²) in [5.74, 6) is -0.569. The van der Waals surface area contributed by atoms with Crippen LogP contribution in [0.1, 0.15) is 13.3 Å². The average Bonchev–Trinajstić information content (AvgIpc) is 2.84. The summed E-state index contributed by atoms with van der Waals surface area (Å²) in [6.45, 7) is -0.915. The van der Waals surface area contributed by atoms with Crippen LogP contribution >= 0.6 is 0 Å². The molecule has 3 aliphatic rings. The lowest BCUT2D eigenvalue weighted by atomic mass is 9.96. The van der Waals surface area contributed by atoms with Crippen molar-refractivity contribution in [2.75, 3.05) is 19.8 Å². The predicted octanol–water partition coefficient (Wildman–Crippen LogP) is -6.40. The van der Waals surface area contributed by atoms with Crippen LogP contribution in [0.3, 0.4) is 0 Å². The second-order valence-electron chi connectivity index (χ2n) is 8.95. The molecule has 3 rings (SSSR count). The molecule has 14 atom stereocenters. The van der Waals surface area contributed by atoms with E-state index in [-0.39, 0.29) is 6.42 Å². The standard InChI is InChI=1S/C20H35NO15/c1-6(25)21-12-14(28)18(10(5-24)33-19(12)31)35-11-2-7(26)17(9(4-23)32-11)36-20-16(30)15(29)13(27)8(3-22)34-20/h7-20,22-24,26-31H,2-5H2,1H3,(H,21,25)/t7-,8-,9-,10-,11+,12-,13-,14-,15+,16+,17+,18-,19-,20+/m1/s1. The first-order valence-corrected chi connectivity index (χ1v) is 11.5. The Bertz CT molecular complexity index is 715. The van der Waals surface area contributed by atoms with Crippen LogP contribution in [0.5, 0.6) is 0 Å². The number of hydrogen-bond donors (Lipinski definition) is 10. The van der Waals surface area contributed by atoms with Crippen LogP contribution in [0.2, 0.25) is 0 Å². The Kier molecular flexibility index (Phi) is 10.3. The molecule has 0 saturated carbocycles. The van der Waals surface area contributed by atoms with Gasteiger partial charge in [0.2, 0.25) is 5.91 Å². The van der Waals surface area contributed by atoms with Gasteiger partial charge in [0, 0.05) is 13.3 Å². The second-order valence-corrected chi connectivity index (χ2v) is 8.95. The number of rotatable bonds is 8. The molecule has 0 unspecified atom stereocenters. The Hall–Kier alpha value is -1.09. The maximum atomic E-state index is 11.4. The van der Waals surface area contributed by atoms with Gasteiger partial charge in [-0.3, -0.25) is 4.79 Å². The SMILES string of the molecule is CC(=O)N[C@@H]1[C@@H](O)[C@H](O[C@H]2C[C@@H](O)[C@H](O[C@@H]3O[C@H](CO)[C@@H](O)[C@H](O)[C@@H]3O)[C@@H](CO)O2)[C@@H](CO)O[C@H]1O. The van der Waals surface area contributed by atoms with Crippen molar-refractivity contribution in [1.82, 2.24) is 5.32 Å². The lowest BCUT2D eigenvalue weighted by Crippen LogP contribution is -2.66. The fourth-order valence-electron chi connectivity index (χ4n) is 4.47. The van der Waals surface area contributed by atoms with Gasteiger partial charge >= 0.3 is 0 Å². The lowest BCUT2D eigenvalue weighted by molar-refractivity contribution is -0.356. The Balaban J connectivity index is 1.68. The van der Waals surface area contributed by atoms with Crippen molar-refractivity contribution in [1.29, 1.82) is 0 Å². The number of ether oxygens (including phenoxy) is 5. The van der Waals surface area contributed by atoms with E-state index in [1.54, 1.807) is 0 Å². The maximum absolute atomic E-state index is 11.4. The summed E-state index contributed by atoms with van der Waals surface area (Å²) < 4.78 is 27.4. The number of nitrogens with one attached hydrogen (secondary N) is 1. The van der Waals surface area contributed by atoms with Crippen molar-refractivity contribution in [2.24, 2.45) is 0 Å². The molecule has 16 heteroatoms. The molecule has 3 saturated heterocycles. The van der Waals surface area contributed by atoms with Gasteiger partial charge in [-0.15, -0.1) is 0 Å². The van der Waals surface area contributed by atoms with Crippen molar-refractivity contribution in [3.8, 4) is 0 Å². The van der Waals surface area contributed by atoms with Crippen LogP contribution in [-0.4, -0.2) is 158 Å². The summed E-state index contributed by atoms with van der Waals surface area (Å²) in [6.07, 6.45) is -19.2. The lowest BCUT2D eigenvalue weighted by Gasteiger charge is -2.46. The third kappa shape index (κ3) is 6.30. The van der Waals surface area contributed by atoms with Gasteiger partial charge < -0.3 is 75.0 Å². The zero-order valence-corrected chi connectivity index (χ0v) is 19.4.